The molecule has 62 valence electrons. The van der Waals surface area contributed by atoms with Crippen molar-refractivity contribution >= 4 is 10.8 Å². The van der Waals surface area contributed by atoms with Crippen molar-refractivity contribution in [2.24, 2.45) is 0 Å². The van der Waals surface area contributed by atoms with Gasteiger partial charge >= 0.3 is 0 Å². The molecular weight excluding hydrogens is 164 g/mol. The molecule has 0 aliphatic rings. The Morgan fingerprint density at radius 2 is 1.83 bits per heavy atom. The molecule has 2 N–H and O–H groups in total. The molecule has 0 saturated carbocycles. The number of hydrogen-bond donors (Lipinski definition) is 2. The molecule has 0 radical (unpaired) electrons. The number of H-pyrrole nitrogens is 1. The van der Waals surface area contributed by atoms with E-state index in [9.17, 15) is 8.78 Å². The van der Waals surface area contributed by atoms with Crippen molar-refractivity contribution in [3.8, 4) is 5.88 Å². The molecule has 0 amide bonds. The third-order valence-corrected chi connectivity index (χ3v) is 1.71. The van der Waals surface area contributed by atoms with Crippen LogP contribution in [0.2, 0.25) is 0 Å². The summed E-state index contributed by atoms with van der Waals surface area (Å²) in [6, 6.07) is 1.98. The number of aromatic amines is 1. The van der Waals surface area contributed by atoms with Crippen LogP contribution in [0.3, 0.4) is 0 Å². The van der Waals surface area contributed by atoms with E-state index < -0.39 is 11.6 Å². The topological polar surface area (TPSA) is 36.0 Å². The first-order valence-corrected chi connectivity index (χ1v) is 3.33. The summed E-state index contributed by atoms with van der Waals surface area (Å²) in [6.45, 7) is 0. The molecule has 0 unspecified atom stereocenters. The lowest BCUT2D eigenvalue weighted by atomic mass is 10.2. The predicted octanol–water partition coefficient (Wildman–Crippen LogP) is 2.15. The number of rotatable bonds is 0. The second-order valence-electron chi connectivity index (χ2n) is 2.49. The molecule has 4 heteroatoms. The van der Waals surface area contributed by atoms with Gasteiger partial charge in [0.05, 0.1) is 0 Å². The van der Waals surface area contributed by atoms with Crippen LogP contribution in [-0.2, 0) is 0 Å². The first-order chi connectivity index (χ1) is 5.68. The second-order valence-corrected chi connectivity index (χ2v) is 2.49. The molecule has 1 aromatic carbocycles. The van der Waals surface area contributed by atoms with Crippen LogP contribution in [-0.4, -0.2) is 10.1 Å². The van der Waals surface area contributed by atoms with Crippen LogP contribution in [0.15, 0.2) is 18.3 Å². The maximum Gasteiger partial charge on any atom is 0.196 e. The molecule has 0 atom stereocenters. The zero-order valence-corrected chi connectivity index (χ0v) is 5.94. The van der Waals surface area contributed by atoms with Crippen molar-refractivity contribution in [1.29, 1.82) is 0 Å². The van der Waals surface area contributed by atoms with Crippen LogP contribution in [0.1, 0.15) is 0 Å². The molecule has 0 spiro atoms. The van der Waals surface area contributed by atoms with E-state index in [2.05, 4.69) is 4.98 Å². The van der Waals surface area contributed by atoms with Crippen LogP contribution in [0.4, 0.5) is 8.78 Å². The van der Waals surface area contributed by atoms with E-state index in [1.807, 2.05) is 0 Å². The molecule has 1 heterocycles. The van der Waals surface area contributed by atoms with Gasteiger partial charge in [0.2, 0.25) is 0 Å². The summed E-state index contributed by atoms with van der Waals surface area (Å²) in [5.41, 5.74) is 0. The Hall–Kier alpha value is -1.58. The zero-order valence-electron chi connectivity index (χ0n) is 5.94. The molecule has 0 saturated heterocycles. The van der Waals surface area contributed by atoms with Crippen molar-refractivity contribution in [2.45, 2.75) is 0 Å². The number of halogens is 2. The van der Waals surface area contributed by atoms with E-state index >= 15 is 0 Å². The van der Waals surface area contributed by atoms with E-state index in [0.717, 1.165) is 12.1 Å². The minimum atomic E-state index is -0.961. The maximum atomic E-state index is 12.6. The molecular formula is C8H5F2NO. The number of aromatic hydroxyl groups is 1. The van der Waals surface area contributed by atoms with E-state index in [4.69, 9.17) is 5.11 Å². The third-order valence-electron chi connectivity index (χ3n) is 1.71. The molecule has 0 fully saturated rings. The van der Waals surface area contributed by atoms with Gasteiger partial charge in [0, 0.05) is 17.0 Å². The van der Waals surface area contributed by atoms with E-state index in [1.165, 1.54) is 6.20 Å². The SMILES string of the molecule is Oc1[nH]cc2cc(F)c(F)cc12. The van der Waals surface area contributed by atoms with Gasteiger partial charge in [-0.3, -0.25) is 0 Å². The van der Waals surface area contributed by atoms with Crippen LogP contribution in [0, 0.1) is 11.6 Å². The first kappa shape index (κ1) is 7.09. The lowest BCUT2D eigenvalue weighted by Crippen LogP contribution is -1.80. The number of nitrogens with one attached hydrogen (secondary N) is 1. The first-order valence-electron chi connectivity index (χ1n) is 3.33. The third kappa shape index (κ3) is 0.845. The zero-order chi connectivity index (χ0) is 8.72. The van der Waals surface area contributed by atoms with Gasteiger partial charge < -0.3 is 10.1 Å². The highest BCUT2D eigenvalue weighted by Gasteiger charge is 2.07. The van der Waals surface area contributed by atoms with Gasteiger partial charge in [0.25, 0.3) is 0 Å². The van der Waals surface area contributed by atoms with Gasteiger partial charge in [-0.05, 0) is 12.1 Å². The molecule has 2 aromatic rings. The number of benzene rings is 1. The Bertz CT molecular complexity index is 436. The van der Waals surface area contributed by atoms with Crippen molar-refractivity contribution in [1.82, 2.24) is 4.98 Å². The van der Waals surface area contributed by atoms with Gasteiger partial charge in [-0.25, -0.2) is 8.78 Å². The summed E-state index contributed by atoms with van der Waals surface area (Å²) >= 11 is 0. The van der Waals surface area contributed by atoms with Gasteiger partial charge in [-0.1, -0.05) is 0 Å². The molecule has 0 aliphatic carbocycles. The Morgan fingerprint density at radius 1 is 1.17 bits per heavy atom. The molecule has 0 bridgehead atoms. The molecule has 2 nitrogen and oxygen atoms in total. The second kappa shape index (κ2) is 2.20. The van der Waals surface area contributed by atoms with Gasteiger partial charge in [0.1, 0.15) is 0 Å². The average Bonchev–Trinajstić information content (AvgIpc) is 2.35. The lowest BCUT2D eigenvalue weighted by Gasteiger charge is -1.92. The van der Waals surface area contributed by atoms with Gasteiger partial charge in [-0.2, -0.15) is 0 Å². The standard InChI is InChI=1S/C8H5F2NO/c9-6-1-4-3-11-8(12)5(4)2-7(6)10/h1-3,11-12H. The normalized spacial score (nSPS) is 10.8. The fourth-order valence-electron chi connectivity index (χ4n) is 1.11. The Balaban J connectivity index is 2.87. The van der Waals surface area contributed by atoms with E-state index in [0.29, 0.717) is 5.39 Å². The van der Waals surface area contributed by atoms with Crippen LogP contribution < -0.4 is 0 Å². The minimum Gasteiger partial charge on any atom is -0.494 e. The number of hydrogen-bond acceptors (Lipinski definition) is 1. The van der Waals surface area contributed by atoms with Crippen molar-refractivity contribution in [3.05, 3.63) is 30.0 Å². The fraction of sp³-hybridized carbons (Fsp3) is 0. The highest BCUT2D eigenvalue weighted by molar-refractivity contribution is 5.87. The highest BCUT2D eigenvalue weighted by Crippen LogP contribution is 2.25. The smallest absolute Gasteiger partial charge is 0.196 e. The highest BCUT2D eigenvalue weighted by atomic mass is 19.2. The molecule has 1 aromatic heterocycles. The maximum absolute atomic E-state index is 12.6. The predicted molar refractivity (Wildman–Crippen MR) is 39.9 cm³/mol. The van der Waals surface area contributed by atoms with Crippen LogP contribution in [0.5, 0.6) is 5.88 Å². The summed E-state index contributed by atoms with van der Waals surface area (Å²) in [5.74, 6) is -2.03. The van der Waals surface area contributed by atoms with Crippen LogP contribution >= 0.6 is 0 Å². The van der Waals surface area contributed by atoms with Crippen molar-refractivity contribution < 1.29 is 13.9 Å². The quantitative estimate of drug-likeness (QED) is 0.622. The average molecular weight is 169 g/mol. The fourth-order valence-corrected chi connectivity index (χ4v) is 1.11. The summed E-state index contributed by atoms with van der Waals surface area (Å²) in [6.07, 6.45) is 1.41. The van der Waals surface area contributed by atoms with Gasteiger partial charge in [0.15, 0.2) is 17.5 Å². The number of aromatic nitrogens is 1. The molecule has 2 rings (SSSR count). The van der Waals surface area contributed by atoms with Gasteiger partial charge in [-0.15, -0.1) is 0 Å². The molecule has 12 heavy (non-hydrogen) atoms. The lowest BCUT2D eigenvalue weighted by molar-refractivity contribution is 0.462. The Kier molecular flexibility index (Phi) is 1.30. The summed E-state index contributed by atoms with van der Waals surface area (Å²) < 4.78 is 25.2. The Morgan fingerprint density at radius 3 is 2.58 bits per heavy atom. The molecule has 0 aliphatic heterocycles. The van der Waals surface area contributed by atoms with Crippen LogP contribution in [0.25, 0.3) is 10.8 Å². The van der Waals surface area contributed by atoms with E-state index in [-0.39, 0.29) is 11.3 Å². The minimum absolute atomic E-state index is 0.149. The number of fused-ring (bicyclic) bond motifs is 1. The summed E-state index contributed by atoms with van der Waals surface area (Å²) in [4.78, 5) is 2.45. The summed E-state index contributed by atoms with van der Waals surface area (Å²) in [7, 11) is 0. The summed E-state index contributed by atoms with van der Waals surface area (Å²) in [5, 5.41) is 9.82. The Labute approximate surface area is 66.4 Å². The van der Waals surface area contributed by atoms with Crippen molar-refractivity contribution in [2.75, 3.05) is 0 Å². The van der Waals surface area contributed by atoms with Crippen molar-refractivity contribution in [3.63, 3.8) is 0 Å². The monoisotopic (exact) mass is 169 g/mol. The largest absolute Gasteiger partial charge is 0.494 e. The van der Waals surface area contributed by atoms with E-state index in [1.54, 1.807) is 0 Å².